The average molecular weight is 694 g/mol. The van der Waals surface area contributed by atoms with Gasteiger partial charge in [0.15, 0.2) is 6.23 Å². The number of quaternary nitrogens is 1. The molecule has 260 valence electrons. The maximum Gasteiger partial charge on any atom is 0.330 e. The molecule has 0 aliphatic carbocycles. The number of phosphoric acid groups is 1. The summed E-state index contributed by atoms with van der Waals surface area (Å²) >= 11 is 0. The summed E-state index contributed by atoms with van der Waals surface area (Å²) in [5, 5.41) is 20.7. The van der Waals surface area contributed by atoms with E-state index in [1.165, 1.54) is 17.0 Å². The van der Waals surface area contributed by atoms with Gasteiger partial charge in [0.05, 0.1) is 20.7 Å². The molecule has 5 atom stereocenters. The molecule has 1 unspecified atom stereocenters. The van der Waals surface area contributed by atoms with Crippen molar-refractivity contribution in [1.29, 1.82) is 0 Å². The first-order valence-electron chi connectivity index (χ1n) is 15.9. The molecule has 1 saturated heterocycles. The number of hydrogen-bond acceptors (Lipinski definition) is 10. The van der Waals surface area contributed by atoms with Gasteiger partial charge in [-0.25, -0.2) is 4.79 Å². The van der Waals surface area contributed by atoms with Crippen LogP contribution in [0.15, 0.2) is 101 Å². The van der Waals surface area contributed by atoms with Crippen LogP contribution in [0.5, 0.6) is 11.5 Å². The maximum atomic E-state index is 13.0. The molecule has 4 N–H and O–H groups in total. The van der Waals surface area contributed by atoms with Gasteiger partial charge in [-0.15, -0.1) is 0 Å². The Kier molecular flexibility index (Phi) is 11.7. The van der Waals surface area contributed by atoms with E-state index in [9.17, 15) is 29.3 Å². The normalized spacial score (nSPS) is 20.9. The third-order valence-corrected chi connectivity index (χ3v) is 8.95. The van der Waals surface area contributed by atoms with Gasteiger partial charge in [-0.1, -0.05) is 61.5 Å². The van der Waals surface area contributed by atoms with Gasteiger partial charge in [0.2, 0.25) is 0 Å². The molecule has 0 bridgehead atoms. The van der Waals surface area contributed by atoms with Gasteiger partial charge < -0.3 is 38.5 Å². The van der Waals surface area contributed by atoms with Gasteiger partial charge in [0.1, 0.15) is 43.0 Å². The van der Waals surface area contributed by atoms with E-state index < -0.39 is 50.2 Å². The number of allylic oxidation sites excluding steroid dienone is 1. The summed E-state index contributed by atoms with van der Waals surface area (Å²) in [7, 11) is -1.02. The fourth-order valence-electron chi connectivity index (χ4n) is 5.61. The van der Waals surface area contributed by atoms with Crippen molar-refractivity contribution >= 4 is 19.0 Å². The predicted molar refractivity (Wildman–Crippen MR) is 180 cm³/mol. The third kappa shape index (κ3) is 8.83. The Morgan fingerprint density at radius 1 is 0.959 bits per heavy atom. The van der Waals surface area contributed by atoms with Crippen molar-refractivity contribution in [2.24, 2.45) is 0 Å². The summed E-state index contributed by atoms with van der Waals surface area (Å²) in [5.41, 5.74) is 3.27. The number of nitrogens with one attached hydrogen (secondary N) is 2. The van der Waals surface area contributed by atoms with Crippen LogP contribution in [-0.4, -0.2) is 71.9 Å². The molecular formula is C35H40N3O10P. The number of aromatic amines is 1. The molecule has 2 heterocycles. The third-order valence-electron chi connectivity index (χ3n) is 8.02. The fraction of sp³-hybridized carbons (Fsp3) is 0.314. The number of ether oxygens (including phenoxy) is 2. The summed E-state index contributed by atoms with van der Waals surface area (Å²) in [6.07, 6.45) is -4.28. The molecule has 1 aliphatic rings. The van der Waals surface area contributed by atoms with Crippen molar-refractivity contribution in [3.63, 3.8) is 0 Å². The summed E-state index contributed by atoms with van der Waals surface area (Å²) in [4.78, 5) is 40.1. The van der Waals surface area contributed by atoms with E-state index in [4.69, 9.17) is 18.5 Å². The molecular weight excluding hydrogens is 653 g/mol. The summed E-state index contributed by atoms with van der Waals surface area (Å²) in [5.74, 6) is 0.712. The number of aliphatic hydroxyl groups excluding tert-OH is 2. The first-order chi connectivity index (χ1) is 23.5. The zero-order chi connectivity index (χ0) is 35.1. The Morgan fingerprint density at radius 3 is 2.16 bits per heavy atom. The highest BCUT2D eigenvalue weighted by molar-refractivity contribution is 7.46. The first kappa shape index (κ1) is 36.0. The summed E-state index contributed by atoms with van der Waals surface area (Å²) < 4.78 is 35.8. The van der Waals surface area contributed by atoms with Crippen LogP contribution in [0, 0.1) is 0 Å². The van der Waals surface area contributed by atoms with Crippen LogP contribution >= 0.6 is 7.82 Å². The second-order valence-corrected chi connectivity index (χ2v) is 13.1. The van der Waals surface area contributed by atoms with E-state index >= 15 is 0 Å². The Bertz CT molecular complexity index is 1890. The van der Waals surface area contributed by atoms with Crippen LogP contribution in [0.2, 0.25) is 0 Å². The van der Waals surface area contributed by atoms with E-state index in [0.29, 0.717) is 6.61 Å². The molecule has 13 nitrogen and oxygen atoms in total. The molecule has 49 heavy (non-hydrogen) atoms. The van der Waals surface area contributed by atoms with Gasteiger partial charge in [0, 0.05) is 12.3 Å². The van der Waals surface area contributed by atoms with Gasteiger partial charge in [0.25, 0.3) is 5.56 Å². The summed E-state index contributed by atoms with van der Waals surface area (Å²) in [6, 6.07) is 25.4. The van der Waals surface area contributed by atoms with E-state index in [0.717, 1.165) is 63.4 Å². The van der Waals surface area contributed by atoms with Gasteiger partial charge in [-0.05, 0) is 58.5 Å². The standard InChI is InChI=1S/C35H40N3O10P/c1-4-28(23-8-6-5-7-9-23)31(24-10-14-26(15-11-24)45-21-20-37(2)3)25-12-16-27(17-13-25)47-49(43,44)48-33-29(22-39)46-34(32(33)41)38-19-18-30(40)36-35(38)42/h5-19,29,32-34,39,41H,4,20-22H2,1-3H3,(H,43,44)(H,36,40,42)/b31-28+/t29-,32-,33-,34-/m1/s1. The quantitative estimate of drug-likeness (QED) is 0.112. The lowest BCUT2D eigenvalue weighted by atomic mass is 9.88. The van der Waals surface area contributed by atoms with Crippen molar-refractivity contribution in [1.82, 2.24) is 9.55 Å². The van der Waals surface area contributed by atoms with Gasteiger partial charge >= 0.3 is 13.5 Å². The molecule has 0 radical (unpaired) electrons. The van der Waals surface area contributed by atoms with Crippen LogP contribution in [0.25, 0.3) is 11.1 Å². The number of rotatable bonds is 14. The van der Waals surface area contributed by atoms with Crippen molar-refractivity contribution in [2.75, 3.05) is 33.9 Å². The molecule has 1 aromatic heterocycles. The van der Waals surface area contributed by atoms with Crippen molar-refractivity contribution in [3.8, 4) is 11.5 Å². The lowest BCUT2D eigenvalue weighted by molar-refractivity contribution is -0.858. The molecule has 0 saturated carbocycles. The van der Waals surface area contributed by atoms with Crippen LogP contribution in [-0.2, 0) is 13.8 Å². The second kappa shape index (κ2) is 15.9. The van der Waals surface area contributed by atoms with Crippen molar-refractivity contribution in [2.45, 2.75) is 37.9 Å². The minimum absolute atomic E-state index is 0.0479. The first-order valence-corrected chi connectivity index (χ1v) is 17.3. The lowest BCUT2D eigenvalue weighted by Gasteiger charge is -2.29. The Hall–Kier alpha value is -4.33. The molecule has 1 aliphatic heterocycles. The number of hydrogen-bond donors (Lipinski definition) is 4. The van der Waals surface area contributed by atoms with E-state index in [1.54, 1.807) is 12.1 Å². The SMILES string of the molecule is CC/C(=C(/c1ccc(OCC[NH+](C)C)cc1)c1ccc(OP(=O)([O-])O[C@H]2[C@@H](O)[C@H](n3ccc(=O)[nH]c3=O)O[C@@H]2CO)cc1)c1ccccc1. The number of likely N-dealkylation sites (N-methyl/N-ethyl adjacent to an activating group) is 1. The zero-order valence-corrected chi connectivity index (χ0v) is 28.2. The molecule has 0 amide bonds. The number of benzene rings is 3. The predicted octanol–water partition coefficient (Wildman–Crippen LogP) is 1.61. The molecule has 1 fully saturated rings. The van der Waals surface area contributed by atoms with E-state index in [2.05, 4.69) is 21.0 Å². The molecule has 14 heteroatoms. The minimum Gasteiger partial charge on any atom is -0.746 e. The maximum absolute atomic E-state index is 13.0. The van der Waals surface area contributed by atoms with Crippen molar-refractivity contribution in [3.05, 3.63) is 129 Å². The van der Waals surface area contributed by atoms with Crippen LogP contribution in [0.3, 0.4) is 0 Å². The molecule has 5 rings (SSSR count). The smallest absolute Gasteiger partial charge is 0.330 e. The number of H-pyrrole nitrogens is 1. The van der Waals surface area contributed by atoms with Crippen LogP contribution < -0.4 is 30.3 Å². The fourth-order valence-corrected chi connectivity index (χ4v) is 6.59. The Labute approximate surface area is 283 Å². The number of aliphatic hydroxyl groups is 2. The monoisotopic (exact) mass is 693 g/mol. The zero-order valence-electron chi connectivity index (χ0n) is 27.4. The Morgan fingerprint density at radius 2 is 1.59 bits per heavy atom. The highest BCUT2D eigenvalue weighted by atomic mass is 31.2. The van der Waals surface area contributed by atoms with Gasteiger partial charge in [-0.3, -0.25) is 18.9 Å². The van der Waals surface area contributed by atoms with Gasteiger partial charge in [-0.2, -0.15) is 0 Å². The largest absolute Gasteiger partial charge is 0.746 e. The number of nitrogens with zero attached hydrogens (tertiary/aromatic N) is 1. The van der Waals surface area contributed by atoms with Crippen LogP contribution in [0.1, 0.15) is 36.3 Å². The van der Waals surface area contributed by atoms with Crippen molar-refractivity contribution < 1.29 is 43.1 Å². The highest BCUT2D eigenvalue weighted by Crippen LogP contribution is 2.46. The second-order valence-electron chi connectivity index (χ2n) is 11.8. The molecule has 0 spiro atoms. The average Bonchev–Trinajstić information content (AvgIpc) is 3.38. The van der Waals surface area contributed by atoms with E-state index in [-0.39, 0.29) is 5.75 Å². The number of phosphoric ester groups is 1. The Balaban J connectivity index is 1.38. The highest BCUT2D eigenvalue weighted by Gasteiger charge is 2.47. The minimum atomic E-state index is -5.15. The number of aromatic nitrogens is 2. The molecule has 4 aromatic rings. The van der Waals surface area contributed by atoms with E-state index in [1.807, 2.05) is 59.6 Å². The van der Waals surface area contributed by atoms with Crippen LogP contribution in [0.4, 0.5) is 0 Å². The lowest BCUT2D eigenvalue weighted by Crippen LogP contribution is -3.06. The summed E-state index contributed by atoms with van der Waals surface area (Å²) in [6.45, 7) is 2.80. The molecule has 3 aromatic carbocycles. The topological polar surface area (TPSA) is 177 Å².